The second-order valence-electron chi connectivity index (χ2n) is 7.88. The molecule has 3 heterocycles. The van der Waals surface area contributed by atoms with E-state index in [0.717, 1.165) is 18.5 Å². The van der Waals surface area contributed by atoms with E-state index in [-0.39, 0.29) is 35.6 Å². The molecule has 4 rings (SSSR count). The summed E-state index contributed by atoms with van der Waals surface area (Å²) >= 11 is 6.31. The van der Waals surface area contributed by atoms with E-state index in [1.54, 1.807) is 9.80 Å². The van der Waals surface area contributed by atoms with Crippen LogP contribution in [0.5, 0.6) is 0 Å². The maximum Gasteiger partial charge on any atom is 0.433 e. The molecule has 16 heteroatoms. The van der Waals surface area contributed by atoms with Crippen LogP contribution < -0.4 is 14.5 Å². The van der Waals surface area contributed by atoms with Crippen molar-refractivity contribution in [2.24, 2.45) is 0 Å². The maximum atomic E-state index is 14.0. The lowest BCUT2D eigenvalue weighted by Crippen LogP contribution is -2.32. The average Bonchev–Trinajstić information content (AvgIpc) is 3.08. The molecule has 0 aliphatic carbocycles. The van der Waals surface area contributed by atoms with Gasteiger partial charge in [-0.05, 0) is 30.7 Å². The zero-order valence-electron chi connectivity index (χ0n) is 18.6. The van der Waals surface area contributed by atoms with E-state index >= 15 is 0 Å². The van der Waals surface area contributed by atoms with E-state index < -0.39 is 44.2 Å². The van der Waals surface area contributed by atoms with Gasteiger partial charge >= 0.3 is 6.18 Å². The van der Waals surface area contributed by atoms with Crippen LogP contribution in [0.15, 0.2) is 41.6 Å². The summed E-state index contributed by atoms with van der Waals surface area (Å²) in [6.45, 7) is 1.33. The molecule has 1 aromatic carbocycles. The van der Waals surface area contributed by atoms with E-state index in [2.05, 4.69) is 15.0 Å². The number of hydrogen-bond acceptors (Lipinski definition) is 7. The predicted molar refractivity (Wildman–Crippen MR) is 122 cm³/mol. The molecule has 1 aliphatic heterocycles. The molecule has 1 saturated heterocycles. The Morgan fingerprint density at radius 3 is 2.35 bits per heavy atom. The van der Waals surface area contributed by atoms with Gasteiger partial charge in [-0.2, -0.15) is 13.2 Å². The van der Waals surface area contributed by atoms with Crippen LogP contribution in [0.2, 0.25) is 5.02 Å². The molecule has 0 radical (unpaired) electrons. The molecule has 0 saturated carbocycles. The summed E-state index contributed by atoms with van der Waals surface area (Å²) in [6.07, 6.45) is -1.96. The monoisotopic (exact) mass is 566 g/mol. The van der Waals surface area contributed by atoms with E-state index in [1.807, 2.05) is 4.72 Å². The topological polar surface area (TPSA) is 91.3 Å². The molecule has 0 atom stereocenters. The van der Waals surface area contributed by atoms with Crippen molar-refractivity contribution >= 4 is 39.1 Å². The number of aromatic nitrogens is 3. The largest absolute Gasteiger partial charge is 0.433 e. The molecule has 1 aliphatic rings. The summed E-state index contributed by atoms with van der Waals surface area (Å²) in [5.41, 5.74) is -1.21. The van der Waals surface area contributed by atoms with Crippen molar-refractivity contribution in [2.45, 2.75) is 17.5 Å². The predicted octanol–water partition coefficient (Wildman–Crippen LogP) is 4.48. The van der Waals surface area contributed by atoms with Crippen molar-refractivity contribution in [2.75, 3.05) is 40.7 Å². The summed E-state index contributed by atoms with van der Waals surface area (Å²) < 4.78 is 107. The molecule has 1 fully saturated rings. The Morgan fingerprint density at radius 1 is 0.946 bits per heavy atom. The van der Waals surface area contributed by atoms with Crippen molar-refractivity contribution in [1.82, 2.24) is 15.0 Å². The van der Waals surface area contributed by atoms with Gasteiger partial charge < -0.3 is 9.80 Å². The Bertz CT molecular complexity index is 1430. The van der Waals surface area contributed by atoms with Gasteiger partial charge in [-0.15, -0.1) is 0 Å². The number of nitrogens with one attached hydrogen (secondary N) is 1. The van der Waals surface area contributed by atoms with Gasteiger partial charge in [0.05, 0.1) is 16.9 Å². The minimum Gasteiger partial charge on any atom is -0.354 e. The SMILES string of the molecule is O=S(=O)(Nc1cnc(N2CCCN(c3nccc(C(F)(F)F)n3)CC2)c(Cl)c1)c1ccc(F)c(F)c1F. The minimum absolute atomic E-state index is 0.0229. The highest BCUT2D eigenvalue weighted by Gasteiger charge is 2.33. The summed E-state index contributed by atoms with van der Waals surface area (Å²) in [7, 11) is -4.64. The molecule has 8 nitrogen and oxygen atoms in total. The van der Waals surface area contributed by atoms with Gasteiger partial charge in [-0.25, -0.2) is 36.5 Å². The van der Waals surface area contributed by atoms with E-state index in [0.29, 0.717) is 31.6 Å². The third-order valence-corrected chi connectivity index (χ3v) is 7.05. The highest BCUT2D eigenvalue weighted by Crippen LogP contribution is 2.30. The summed E-state index contributed by atoms with van der Waals surface area (Å²) in [4.78, 5) is 14.0. The highest BCUT2D eigenvalue weighted by molar-refractivity contribution is 7.92. The highest BCUT2D eigenvalue weighted by atomic mass is 35.5. The zero-order chi connectivity index (χ0) is 27.0. The normalized spacial score (nSPS) is 15.0. The number of nitrogens with zero attached hydrogens (tertiary/aromatic N) is 5. The number of benzene rings is 1. The van der Waals surface area contributed by atoms with Crippen LogP contribution in [-0.2, 0) is 16.2 Å². The number of anilines is 3. The smallest absolute Gasteiger partial charge is 0.354 e. The lowest BCUT2D eigenvalue weighted by molar-refractivity contribution is -0.141. The summed E-state index contributed by atoms with van der Waals surface area (Å²) in [5, 5.41) is 0.0229. The molecule has 0 spiro atoms. The van der Waals surface area contributed by atoms with Crippen LogP contribution >= 0.6 is 11.6 Å². The molecular weight excluding hydrogens is 550 g/mol. The standard InChI is InChI=1S/C21H17ClF6N6O2S/c22-13-10-12(32-37(35,36)15-3-2-14(23)17(24)18(15)25)11-30-19(13)33-6-1-7-34(9-8-33)20-29-5-4-16(31-20)21(26,27)28/h2-5,10-11,32H,1,6-9H2. The minimum atomic E-state index is -4.64. The molecule has 0 unspecified atom stereocenters. The molecule has 198 valence electrons. The van der Waals surface area contributed by atoms with Crippen LogP contribution in [-0.4, -0.2) is 49.5 Å². The van der Waals surface area contributed by atoms with E-state index in [1.165, 1.54) is 6.07 Å². The van der Waals surface area contributed by atoms with Gasteiger partial charge in [-0.1, -0.05) is 11.6 Å². The first-order valence-corrected chi connectivity index (χ1v) is 12.4. The Labute approximate surface area is 212 Å². The molecular formula is C21H17ClF6N6O2S. The van der Waals surface area contributed by atoms with Crippen LogP contribution in [0.3, 0.4) is 0 Å². The fourth-order valence-corrected chi connectivity index (χ4v) is 5.02. The zero-order valence-corrected chi connectivity index (χ0v) is 20.2. The number of pyridine rings is 1. The molecule has 0 amide bonds. The first-order valence-electron chi connectivity index (χ1n) is 10.6. The third kappa shape index (κ3) is 5.82. The van der Waals surface area contributed by atoms with Gasteiger partial charge in [0.2, 0.25) is 5.95 Å². The van der Waals surface area contributed by atoms with Crippen molar-refractivity contribution < 1.29 is 34.8 Å². The second-order valence-corrected chi connectivity index (χ2v) is 9.93. The van der Waals surface area contributed by atoms with Crippen molar-refractivity contribution in [3.05, 3.63) is 64.8 Å². The first kappa shape index (κ1) is 26.7. The molecule has 2 aromatic heterocycles. The van der Waals surface area contributed by atoms with Crippen LogP contribution in [0, 0.1) is 17.5 Å². The first-order chi connectivity index (χ1) is 17.4. The van der Waals surface area contributed by atoms with Gasteiger partial charge in [0.25, 0.3) is 10.0 Å². The molecule has 0 bridgehead atoms. The second kappa shape index (κ2) is 10.2. The fourth-order valence-electron chi connectivity index (χ4n) is 3.63. The quantitative estimate of drug-likeness (QED) is 0.360. The van der Waals surface area contributed by atoms with Gasteiger partial charge in [0.1, 0.15) is 16.4 Å². The maximum absolute atomic E-state index is 14.0. The van der Waals surface area contributed by atoms with Crippen LogP contribution in [0.25, 0.3) is 0 Å². The van der Waals surface area contributed by atoms with Crippen LogP contribution in [0.4, 0.5) is 43.8 Å². The summed E-state index contributed by atoms with van der Waals surface area (Å²) in [6, 6.07) is 3.05. The van der Waals surface area contributed by atoms with Crippen LogP contribution in [0.1, 0.15) is 12.1 Å². The average molecular weight is 567 g/mol. The Hall–Kier alpha value is -3.33. The van der Waals surface area contributed by atoms with Gasteiger partial charge in [0.15, 0.2) is 17.5 Å². The van der Waals surface area contributed by atoms with Crippen molar-refractivity contribution in [3.8, 4) is 0 Å². The van der Waals surface area contributed by atoms with Crippen molar-refractivity contribution in [3.63, 3.8) is 0 Å². The number of alkyl halides is 3. The number of hydrogen-bond donors (Lipinski definition) is 1. The van der Waals surface area contributed by atoms with Gasteiger partial charge in [-0.3, -0.25) is 4.72 Å². The lowest BCUT2D eigenvalue weighted by atomic mass is 10.3. The molecule has 37 heavy (non-hydrogen) atoms. The summed E-state index contributed by atoms with van der Waals surface area (Å²) in [5.74, 6) is -5.14. The number of sulfonamides is 1. The fraction of sp³-hybridized carbons (Fsp3) is 0.286. The molecule has 3 aromatic rings. The van der Waals surface area contributed by atoms with Gasteiger partial charge in [0, 0.05) is 32.4 Å². The Morgan fingerprint density at radius 2 is 1.65 bits per heavy atom. The van der Waals surface area contributed by atoms with Crippen molar-refractivity contribution in [1.29, 1.82) is 0 Å². The number of rotatable bonds is 5. The lowest BCUT2D eigenvalue weighted by Gasteiger charge is -2.24. The molecule has 1 N–H and O–H groups in total. The Balaban J connectivity index is 1.49. The number of halogens is 7. The van der Waals surface area contributed by atoms with E-state index in [4.69, 9.17) is 11.6 Å². The third-order valence-electron chi connectivity index (χ3n) is 5.37. The Kier molecular flexibility index (Phi) is 7.37. The van der Waals surface area contributed by atoms with E-state index in [9.17, 15) is 34.8 Å².